The monoisotopic (exact) mass is 524 g/mol. The molecule has 1 heterocycles. The number of hydrogen-bond donors (Lipinski definition) is 1. The highest BCUT2D eigenvalue weighted by Gasteiger charge is 2.32. The lowest BCUT2D eigenvalue weighted by atomic mass is 9.92. The van der Waals surface area contributed by atoms with Gasteiger partial charge in [0.05, 0.1) is 47.3 Å². The number of ether oxygens (including phenoxy) is 6. The first-order chi connectivity index (χ1) is 18.0. The number of nitrogens with zero attached hydrogens (tertiary/aromatic N) is 1. The van der Waals surface area contributed by atoms with Crippen LogP contribution in [0.5, 0.6) is 34.5 Å². The zero-order chi connectivity index (χ0) is 26.4. The van der Waals surface area contributed by atoms with E-state index in [1.54, 1.807) is 35.5 Å². The number of anilines is 1. The fourth-order valence-corrected chi connectivity index (χ4v) is 4.78. The molecule has 0 spiro atoms. The number of benzene rings is 3. The Balaban J connectivity index is 1.68. The Morgan fingerprint density at radius 1 is 0.811 bits per heavy atom. The van der Waals surface area contributed by atoms with Gasteiger partial charge in [0.25, 0.3) is 0 Å². The van der Waals surface area contributed by atoms with Crippen LogP contribution >= 0.6 is 12.2 Å². The van der Waals surface area contributed by atoms with E-state index in [0.29, 0.717) is 58.4 Å². The van der Waals surface area contributed by atoms with Crippen molar-refractivity contribution >= 4 is 23.0 Å². The molecule has 0 saturated heterocycles. The van der Waals surface area contributed by atoms with E-state index < -0.39 is 0 Å². The predicted octanol–water partition coefficient (Wildman–Crippen LogP) is 5.10. The standard InChI is InChI=1S/C28H32N2O6S/c1-31-19-10-11-23(32-2)21(15-19)29-28(37)30-13-12-18-14-26(34-4)27(35-5)16-20(18)22(30)17-36-25-9-7-6-8-24(25)33-3/h6-11,14-16,22H,12-13,17H2,1-5H3,(H,29,37)/t22-/m0/s1. The van der Waals surface area contributed by atoms with Crippen molar-refractivity contribution in [3.8, 4) is 34.5 Å². The number of rotatable bonds is 9. The number of para-hydroxylation sites is 2. The van der Waals surface area contributed by atoms with Gasteiger partial charge in [0.2, 0.25) is 0 Å². The van der Waals surface area contributed by atoms with E-state index in [9.17, 15) is 0 Å². The lowest BCUT2D eigenvalue weighted by Crippen LogP contribution is -2.44. The zero-order valence-corrected chi connectivity index (χ0v) is 22.5. The molecular formula is C28H32N2O6S. The van der Waals surface area contributed by atoms with Crippen LogP contribution in [0.2, 0.25) is 0 Å². The first-order valence-corrected chi connectivity index (χ1v) is 12.2. The summed E-state index contributed by atoms with van der Waals surface area (Å²) < 4.78 is 33.9. The first-order valence-electron chi connectivity index (χ1n) is 11.8. The Kier molecular flexibility index (Phi) is 8.45. The molecule has 0 aliphatic carbocycles. The zero-order valence-electron chi connectivity index (χ0n) is 21.7. The van der Waals surface area contributed by atoms with E-state index in [1.807, 2.05) is 54.6 Å². The van der Waals surface area contributed by atoms with E-state index in [-0.39, 0.29) is 6.04 Å². The Labute approximate surface area is 223 Å². The third-order valence-electron chi connectivity index (χ3n) is 6.38. The molecule has 0 radical (unpaired) electrons. The van der Waals surface area contributed by atoms with Crippen LogP contribution in [0.25, 0.3) is 0 Å². The summed E-state index contributed by atoms with van der Waals surface area (Å²) in [5.74, 6) is 4.03. The molecule has 1 atom stereocenters. The van der Waals surface area contributed by atoms with E-state index in [4.69, 9.17) is 40.6 Å². The summed E-state index contributed by atoms with van der Waals surface area (Å²) in [5, 5.41) is 3.90. The molecule has 1 N–H and O–H groups in total. The van der Waals surface area contributed by atoms with Crippen molar-refractivity contribution < 1.29 is 28.4 Å². The van der Waals surface area contributed by atoms with Crippen LogP contribution in [0, 0.1) is 0 Å². The second-order valence-corrected chi connectivity index (χ2v) is 8.71. The van der Waals surface area contributed by atoms with E-state index >= 15 is 0 Å². The molecular weight excluding hydrogens is 492 g/mol. The first kappa shape index (κ1) is 26.2. The highest BCUT2D eigenvalue weighted by molar-refractivity contribution is 7.80. The fourth-order valence-electron chi connectivity index (χ4n) is 4.46. The SMILES string of the molecule is COc1ccc(OC)c(NC(=S)N2CCc3cc(OC)c(OC)cc3[C@@H]2COc2ccccc2OC)c1. The molecule has 0 aromatic heterocycles. The maximum atomic E-state index is 6.30. The van der Waals surface area contributed by atoms with Crippen molar-refractivity contribution in [2.45, 2.75) is 12.5 Å². The van der Waals surface area contributed by atoms with Gasteiger partial charge in [-0.15, -0.1) is 0 Å². The summed E-state index contributed by atoms with van der Waals surface area (Å²) >= 11 is 5.92. The van der Waals surface area contributed by atoms with Crippen LogP contribution in [-0.4, -0.2) is 58.7 Å². The van der Waals surface area contributed by atoms with Gasteiger partial charge < -0.3 is 38.6 Å². The number of methoxy groups -OCH3 is 5. The summed E-state index contributed by atoms with van der Waals surface area (Å²) in [5.41, 5.74) is 2.93. The van der Waals surface area contributed by atoms with Gasteiger partial charge in [-0.3, -0.25) is 0 Å². The Morgan fingerprint density at radius 3 is 2.16 bits per heavy atom. The van der Waals surface area contributed by atoms with Crippen LogP contribution in [0.4, 0.5) is 5.69 Å². The summed E-state index contributed by atoms with van der Waals surface area (Å²) in [6.07, 6.45) is 0.776. The van der Waals surface area contributed by atoms with E-state index in [2.05, 4.69) is 10.2 Å². The number of thiocarbonyl (C=S) groups is 1. The third kappa shape index (κ3) is 5.61. The largest absolute Gasteiger partial charge is 0.497 e. The van der Waals surface area contributed by atoms with Gasteiger partial charge >= 0.3 is 0 Å². The summed E-state index contributed by atoms with van der Waals surface area (Å²) in [4.78, 5) is 2.12. The van der Waals surface area contributed by atoms with Gasteiger partial charge in [0, 0.05) is 12.6 Å². The van der Waals surface area contributed by atoms with Gasteiger partial charge in [-0.1, -0.05) is 12.1 Å². The molecule has 9 heteroatoms. The molecule has 196 valence electrons. The molecule has 0 bridgehead atoms. The molecule has 1 aliphatic heterocycles. The van der Waals surface area contributed by atoms with Crippen molar-refractivity contribution in [1.29, 1.82) is 0 Å². The summed E-state index contributed by atoms with van der Waals surface area (Å²) in [6, 6.07) is 17.0. The fraction of sp³-hybridized carbons (Fsp3) is 0.321. The number of fused-ring (bicyclic) bond motifs is 1. The molecule has 37 heavy (non-hydrogen) atoms. The lowest BCUT2D eigenvalue weighted by molar-refractivity contribution is 0.185. The van der Waals surface area contributed by atoms with Gasteiger partial charge in [0.15, 0.2) is 28.1 Å². The molecule has 0 saturated carbocycles. The van der Waals surface area contributed by atoms with Gasteiger partial charge in [-0.2, -0.15) is 0 Å². The highest BCUT2D eigenvalue weighted by Crippen LogP contribution is 2.40. The topological polar surface area (TPSA) is 70.7 Å². The van der Waals surface area contributed by atoms with Crippen LogP contribution in [-0.2, 0) is 6.42 Å². The third-order valence-corrected chi connectivity index (χ3v) is 6.71. The molecule has 8 nitrogen and oxygen atoms in total. The second kappa shape index (κ2) is 11.9. The quantitative estimate of drug-likeness (QED) is 0.385. The van der Waals surface area contributed by atoms with Crippen molar-refractivity contribution in [3.63, 3.8) is 0 Å². The molecule has 0 fully saturated rings. The smallest absolute Gasteiger partial charge is 0.174 e. The van der Waals surface area contributed by atoms with Crippen LogP contribution < -0.4 is 33.7 Å². The minimum atomic E-state index is -0.204. The van der Waals surface area contributed by atoms with Crippen molar-refractivity contribution in [3.05, 3.63) is 65.7 Å². The van der Waals surface area contributed by atoms with Gasteiger partial charge in [-0.25, -0.2) is 0 Å². The Hall–Kier alpha value is -3.85. The van der Waals surface area contributed by atoms with Crippen molar-refractivity contribution in [2.75, 3.05) is 54.0 Å². The van der Waals surface area contributed by atoms with E-state index in [1.165, 1.54) is 0 Å². The number of hydrogen-bond acceptors (Lipinski definition) is 7. The molecule has 3 aromatic carbocycles. The summed E-state index contributed by atoms with van der Waals surface area (Å²) in [6.45, 7) is 1.01. The molecule has 0 unspecified atom stereocenters. The minimum absolute atomic E-state index is 0.204. The molecule has 1 aliphatic rings. The predicted molar refractivity (Wildman–Crippen MR) is 147 cm³/mol. The summed E-state index contributed by atoms with van der Waals surface area (Å²) in [7, 11) is 8.14. The van der Waals surface area contributed by atoms with Crippen LogP contribution in [0.1, 0.15) is 17.2 Å². The molecule has 0 amide bonds. The van der Waals surface area contributed by atoms with Crippen molar-refractivity contribution in [2.24, 2.45) is 0 Å². The number of nitrogens with one attached hydrogen (secondary N) is 1. The Morgan fingerprint density at radius 2 is 1.49 bits per heavy atom. The highest BCUT2D eigenvalue weighted by atomic mass is 32.1. The van der Waals surface area contributed by atoms with Crippen LogP contribution in [0.3, 0.4) is 0 Å². The average molecular weight is 525 g/mol. The van der Waals surface area contributed by atoms with E-state index in [0.717, 1.165) is 17.5 Å². The maximum absolute atomic E-state index is 6.30. The van der Waals surface area contributed by atoms with Crippen LogP contribution in [0.15, 0.2) is 54.6 Å². The van der Waals surface area contributed by atoms with Gasteiger partial charge in [-0.05, 0) is 66.2 Å². The van der Waals surface area contributed by atoms with Gasteiger partial charge in [0.1, 0.15) is 18.1 Å². The second-order valence-electron chi connectivity index (χ2n) is 8.32. The molecule has 3 aromatic rings. The lowest BCUT2D eigenvalue weighted by Gasteiger charge is -2.39. The maximum Gasteiger partial charge on any atom is 0.174 e. The normalized spacial score (nSPS) is 14.3. The van der Waals surface area contributed by atoms with Crippen molar-refractivity contribution in [1.82, 2.24) is 4.90 Å². The minimum Gasteiger partial charge on any atom is -0.497 e. The average Bonchev–Trinajstić information content (AvgIpc) is 2.94. The Bertz CT molecular complexity index is 1250. The molecule has 4 rings (SSSR count).